The topological polar surface area (TPSA) is 34.0 Å². The number of rotatable bonds is 4. The standard InChI is InChI=1S/C13H15BrN2OS/c1-3-16-7-11(4-5-13(16)17)15-9(2)12-6-10(14)8-18-12/h4-9,15H,3H2,1-2H3. The van der Waals surface area contributed by atoms with Crippen molar-refractivity contribution in [2.24, 2.45) is 0 Å². The highest BCUT2D eigenvalue weighted by Crippen LogP contribution is 2.27. The zero-order valence-corrected chi connectivity index (χ0v) is 12.7. The summed E-state index contributed by atoms with van der Waals surface area (Å²) in [6.07, 6.45) is 1.86. The molecule has 2 aromatic heterocycles. The van der Waals surface area contributed by atoms with E-state index in [0.29, 0.717) is 6.54 Å². The van der Waals surface area contributed by atoms with Gasteiger partial charge in [-0.1, -0.05) is 0 Å². The molecule has 2 rings (SSSR count). The van der Waals surface area contributed by atoms with Crippen molar-refractivity contribution in [3.63, 3.8) is 0 Å². The predicted molar refractivity (Wildman–Crippen MR) is 80.4 cm³/mol. The van der Waals surface area contributed by atoms with E-state index in [4.69, 9.17) is 0 Å². The van der Waals surface area contributed by atoms with E-state index in [0.717, 1.165) is 10.2 Å². The molecule has 5 heteroatoms. The van der Waals surface area contributed by atoms with Crippen LogP contribution in [0.5, 0.6) is 0 Å². The van der Waals surface area contributed by atoms with E-state index in [1.807, 2.05) is 19.2 Å². The Hall–Kier alpha value is -1.07. The van der Waals surface area contributed by atoms with Gasteiger partial charge in [0.25, 0.3) is 5.56 Å². The van der Waals surface area contributed by atoms with Gasteiger partial charge in [0.1, 0.15) is 0 Å². The molecule has 2 aromatic rings. The van der Waals surface area contributed by atoms with Crippen molar-refractivity contribution in [1.29, 1.82) is 0 Å². The number of halogens is 1. The van der Waals surface area contributed by atoms with Gasteiger partial charge >= 0.3 is 0 Å². The van der Waals surface area contributed by atoms with Crippen LogP contribution >= 0.6 is 27.3 Å². The van der Waals surface area contributed by atoms with Gasteiger partial charge in [0, 0.05) is 33.5 Å². The van der Waals surface area contributed by atoms with Crippen LogP contribution in [-0.4, -0.2) is 4.57 Å². The molecule has 0 aromatic carbocycles. The van der Waals surface area contributed by atoms with E-state index >= 15 is 0 Å². The van der Waals surface area contributed by atoms with Crippen LogP contribution in [0.1, 0.15) is 24.8 Å². The lowest BCUT2D eigenvalue weighted by Gasteiger charge is -2.14. The fourth-order valence-corrected chi connectivity index (χ4v) is 3.19. The summed E-state index contributed by atoms with van der Waals surface area (Å²) in [5.74, 6) is 0. The van der Waals surface area contributed by atoms with Crippen molar-refractivity contribution < 1.29 is 0 Å². The van der Waals surface area contributed by atoms with Crippen molar-refractivity contribution in [3.05, 3.63) is 49.5 Å². The van der Waals surface area contributed by atoms with Crippen LogP contribution in [0.25, 0.3) is 0 Å². The molecule has 0 bridgehead atoms. The minimum atomic E-state index is 0.0366. The smallest absolute Gasteiger partial charge is 0.250 e. The third-order valence-electron chi connectivity index (χ3n) is 2.72. The number of hydrogen-bond donors (Lipinski definition) is 1. The molecule has 0 aliphatic heterocycles. The van der Waals surface area contributed by atoms with Crippen LogP contribution in [-0.2, 0) is 6.54 Å². The summed E-state index contributed by atoms with van der Waals surface area (Å²) in [5.41, 5.74) is 1.00. The molecule has 3 nitrogen and oxygen atoms in total. The van der Waals surface area contributed by atoms with Gasteiger partial charge in [-0.15, -0.1) is 11.3 Å². The Morgan fingerprint density at radius 2 is 2.28 bits per heavy atom. The average Bonchev–Trinajstić information content (AvgIpc) is 2.78. The lowest BCUT2D eigenvalue weighted by atomic mass is 10.2. The second-order valence-electron chi connectivity index (χ2n) is 4.08. The fourth-order valence-electron chi connectivity index (χ4n) is 1.74. The number of hydrogen-bond acceptors (Lipinski definition) is 3. The molecule has 0 amide bonds. The first kappa shape index (κ1) is 13.4. The lowest BCUT2D eigenvalue weighted by molar-refractivity contribution is 0.726. The normalized spacial score (nSPS) is 12.4. The zero-order chi connectivity index (χ0) is 13.1. The number of aromatic nitrogens is 1. The fraction of sp³-hybridized carbons (Fsp3) is 0.308. The summed E-state index contributed by atoms with van der Waals surface area (Å²) in [4.78, 5) is 12.8. The first-order valence-electron chi connectivity index (χ1n) is 5.81. The molecule has 2 heterocycles. The lowest BCUT2D eigenvalue weighted by Crippen LogP contribution is -2.18. The van der Waals surface area contributed by atoms with Crippen molar-refractivity contribution in [1.82, 2.24) is 4.57 Å². The Morgan fingerprint density at radius 1 is 1.50 bits per heavy atom. The molecule has 0 radical (unpaired) electrons. The van der Waals surface area contributed by atoms with Gasteiger partial charge in [0.2, 0.25) is 0 Å². The molecule has 0 spiro atoms. The Kier molecular flexibility index (Phi) is 4.24. The number of aryl methyl sites for hydroxylation is 1. The number of nitrogens with zero attached hydrogens (tertiary/aromatic N) is 1. The van der Waals surface area contributed by atoms with Gasteiger partial charge in [-0.2, -0.15) is 0 Å². The van der Waals surface area contributed by atoms with Crippen LogP contribution in [0, 0.1) is 0 Å². The molecule has 1 unspecified atom stereocenters. The Labute approximate surface area is 119 Å². The Balaban J connectivity index is 2.16. The summed E-state index contributed by atoms with van der Waals surface area (Å²) in [6.45, 7) is 4.76. The number of thiophene rings is 1. The summed E-state index contributed by atoms with van der Waals surface area (Å²) >= 11 is 5.17. The molecule has 0 aliphatic rings. The van der Waals surface area contributed by atoms with Crippen LogP contribution in [0.2, 0.25) is 0 Å². The van der Waals surface area contributed by atoms with Gasteiger partial charge in [0.05, 0.1) is 11.7 Å². The summed E-state index contributed by atoms with van der Waals surface area (Å²) in [7, 11) is 0. The molecule has 0 aliphatic carbocycles. The third-order valence-corrected chi connectivity index (χ3v) is 4.60. The van der Waals surface area contributed by atoms with Crippen molar-refractivity contribution in [3.8, 4) is 0 Å². The van der Waals surface area contributed by atoms with Crippen molar-refractivity contribution in [2.45, 2.75) is 26.4 Å². The quantitative estimate of drug-likeness (QED) is 0.925. The Morgan fingerprint density at radius 3 is 2.89 bits per heavy atom. The van der Waals surface area contributed by atoms with Crippen LogP contribution in [0.4, 0.5) is 5.69 Å². The molecule has 0 fully saturated rings. The van der Waals surface area contributed by atoms with Crippen LogP contribution in [0.15, 0.2) is 39.0 Å². The van der Waals surface area contributed by atoms with E-state index < -0.39 is 0 Å². The summed E-state index contributed by atoms with van der Waals surface area (Å²) in [5, 5.41) is 5.47. The van der Waals surface area contributed by atoms with Gasteiger partial charge in [0.15, 0.2) is 0 Å². The van der Waals surface area contributed by atoms with E-state index in [1.165, 1.54) is 4.88 Å². The second-order valence-corrected chi connectivity index (χ2v) is 5.93. The molecule has 0 saturated heterocycles. The number of nitrogens with one attached hydrogen (secondary N) is 1. The highest BCUT2D eigenvalue weighted by Gasteiger charge is 2.08. The average molecular weight is 327 g/mol. The SMILES string of the molecule is CCn1cc(NC(C)c2cc(Br)cs2)ccc1=O. The van der Waals surface area contributed by atoms with Crippen LogP contribution in [0.3, 0.4) is 0 Å². The highest BCUT2D eigenvalue weighted by molar-refractivity contribution is 9.10. The molecule has 1 atom stereocenters. The first-order chi connectivity index (χ1) is 8.60. The van der Waals surface area contributed by atoms with Gasteiger partial charge in [-0.05, 0) is 41.9 Å². The Bertz CT molecular complexity index is 591. The maximum absolute atomic E-state index is 11.5. The van der Waals surface area contributed by atoms with Gasteiger partial charge in [-0.3, -0.25) is 4.79 Å². The minimum absolute atomic E-state index is 0.0366. The second kappa shape index (κ2) is 5.71. The monoisotopic (exact) mass is 326 g/mol. The van der Waals surface area contributed by atoms with Crippen molar-refractivity contribution in [2.75, 3.05) is 5.32 Å². The predicted octanol–water partition coefficient (Wildman–Crippen LogP) is 3.87. The van der Waals surface area contributed by atoms with Crippen LogP contribution < -0.4 is 10.9 Å². The summed E-state index contributed by atoms with van der Waals surface area (Å²) < 4.78 is 2.80. The number of anilines is 1. The molecular weight excluding hydrogens is 312 g/mol. The molecule has 0 saturated carbocycles. The molecule has 18 heavy (non-hydrogen) atoms. The van der Waals surface area contributed by atoms with Gasteiger partial charge in [-0.25, -0.2) is 0 Å². The van der Waals surface area contributed by atoms with E-state index in [-0.39, 0.29) is 11.6 Å². The zero-order valence-electron chi connectivity index (χ0n) is 10.3. The highest BCUT2D eigenvalue weighted by atomic mass is 79.9. The largest absolute Gasteiger partial charge is 0.377 e. The maximum Gasteiger partial charge on any atom is 0.250 e. The third kappa shape index (κ3) is 3.03. The van der Waals surface area contributed by atoms with Crippen molar-refractivity contribution >= 4 is 33.0 Å². The number of pyridine rings is 1. The van der Waals surface area contributed by atoms with Gasteiger partial charge < -0.3 is 9.88 Å². The van der Waals surface area contributed by atoms with E-state index in [9.17, 15) is 4.79 Å². The van der Waals surface area contributed by atoms with E-state index in [2.05, 4.69) is 39.6 Å². The first-order valence-corrected chi connectivity index (χ1v) is 7.48. The maximum atomic E-state index is 11.5. The van der Waals surface area contributed by atoms with E-state index in [1.54, 1.807) is 22.0 Å². The molecule has 1 N–H and O–H groups in total. The molecule has 96 valence electrons. The molecular formula is C13H15BrN2OS. The summed E-state index contributed by atoms with van der Waals surface area (Å²) in [6, 6.07) is 5.76. The minimum Gasteiger partial charge on any atom is -0.377 e.